The van der Waals surface area contributed by atoms with Crippen LogP contribution < -0.4 is 0 Å². The fourth-order valence-electron chi connectivity index (χ4n) is 1.23. The first-order chi connectivity index (χ1) is 8.04. The van der Waals surface area contributed by atoms with Crippen molar-refractivity contribution in [3.63, 3.8) is 0 Å². The highest BCUT2D eigenvalue weighted by Crippen LogP contribution is 2.22. The van der Waals surface area contributed by atoms with Gasteiger partial charge in [0, 0.05) is 6.07 Å². The molecule has 0 atom stereocenters. The van der Waals surface area contributed by atoms with Gasteiger partial charge in [-0.2, -0.15) is 0 Å². The van der Waals surface area contributed by atoms with Gasteiger partial charge in [-0.15, -0.1) is 16.7 Å². The predicted molar refractivity (Wildman–Crippen MR) is 50.7 cm³/mol. The van der Waals surface area contributed by atoms with Gasteiger partial charge in [-0.1, -0.05) is 5.21 Å². The van der Waals surface area contributed by atoms with Crippen LogP contribution in [-0.4, -0.2) is 15.0 Å². The third-order valence-corrected chi connectivity index (χ3v) is 2.27. The maximum Gasteiger partial charge on any atom is 0.187 e. The van der Waals surface area contributed by atoms with Crippen molar-refractivity contribution in [2.75, 3.05) is 0 Å². The van der Waals surface area contributed by atoms with Crippen LogP contribution in [-0.2, 0) is 5.88 Å². The molecule has 1 heterocycles. The van der Waals surface area contributed by atoms with Gasteiger partial charge in [-0.05, 0) is 0 Å². The molecule has 0 saturated carbocycles. The Morgan fingerprint density at radius 3 is 2.18 bits per heavy atom. The minimum atomic E-state index is -1.55. The molecule has 1 aromatic carbocycles. The van der Waals surface area contributed by atoms with Crippen molar-refractivity contribution >= 4 is 11.6 Å². The van der Waals surface area contributed by atoms with Crippen molar-refractivity contribution in [3.8, 4) is 5.69 Å². The van der Waals surface area contributed by atoms with Gasteiger partial charge >= 0.3 is 0 Å². The summed E-state index contributed by atoms with van der Waals surface area (Å²) in [5.41, 5.74) is -0.749. The number of hydrogen-bond acceptors (Lipinski definition) is 2. The van der Waals surface area contributed by atoms with Crippen molar-refractivity contribution < 1.29 is 17.6 Å². The molecule has 17 heavy (non-hydrogen) atoms. The van der Waals surface area contributed by atoms with Gasteiger partial charge in [-0.3, -0.25) is 0 Å². The Labute approximate surface area is 97.6 Å². The first kappa shape index (κ1) is 11.8. The molecule has 90 valence electrons. The zero-order valence-corrected chi connectivity index (χ0v) is 8.85. The van der Waals surface area contributed by atoms with Crippen molar-refractivity contribution in [2.45, 2.75) is 5.88 Å². The van der Waals surface area contributed by atoms with E-state index in [1.807, 2.05) is 0 Å². The average Bonchev–Trinajstić information content (AvgIpc) is 2.75. The summed E-state index contributed by atoms with van der Waals surface area (Å²) in [5.74, 6) is -6.16. The third kappa shape index (κ3) is 1.97. The molecule has 2 aromatic rings. The Morgan fingerprint density at radius 2 is 1.71 bits per heavy atom. The summed E-state index contributed by atoms with van der Waals surface area (Å²) in [6.45, 7) is 0. The maximum atomic E-state index is 13.3. The predicted octanol–water partition coefficient (Wildman–Crippen LogP) is 2.56. The second kappa shape index (κ2) is 4.33. The van der Waals surface area contributed by atoms with Crippen LogP contribution in [0.3, 0.4) is 0 Å². The van der Waals surface area contributed by atoms with Gasteiger partial charge in [-0.25, -0.2) is 22.2 Å². The van der Waals surface area contributed by atoms with Gasteiger partial charge in [0.05, 0.1) is 17.8 Å². The monoisotopic (exact) mass is 265 g/mol. The van der Waals surface area contributed by atoms with Gasteiger partial charge < -0.3 is 0 Å². The lowest BCUT2D eigenvalue weighted by Gasteiger charge is -2.05. The standard InChI is InChI=1S/C9H4ClF4N3/c10-2-4-3-17(16-15-4)9-7(13)5(11)1-6(12)8(9)14/h1,3H,2H2. The summed E-state index contributed by atoms with van der Waals surface area (Å²) in [6.07, 6.45) is 1.08. The number of rotatable bonds is 2. The largest absolute Gasteiger partial charge is 0.214 e. The minimum absolute atomic E-state index is 0.0406. The van der Waals surface area contributed by atoms with E-state index in [0.29, 0.717) is 4.68 Å². The van der Waals surface area contributed by atoms with E-state index < -0.39 is 29.0 Å². The zero-order valence-electron chi connectivity index (χ0n) is 8.09. The number of alkyl halides is 1. The first-order valence-electron chi connectivity index (χ1n) is 4.35. The van der Waals surface area contributed by atoms with Crippen molar-refractivity contribution in [1.82, 2.24) is 15.0 Å². The number of nitrogens with zero attached hydrogens (tertiary/aromatic N) is 3. The molecule has 0 spiro atoms. The molecule has 0 N–H and O–H groups in total. The molecule has 0 saturated heterocycles. The summed E-state index contributed by atoms with van der Waals surface area (Å²) in [5, 5.41) is 6.79. The van der Waals surface area contributed by atoms with Crippen LogP contribution in [0.4, 0.5) is 17.6 Å². The molecule has 0 fully saturated rings. The topological polar surface area (TPSA) is 30.7 Å². The van der Waals surface area contributed by atoms with E-state index in [-0.39, 0.29) is 17.6 Å². The molecule has 0 radical (unpaired) electrons. The van der Waals surface area contributed by atoms with Crippen LogP contribution in [0.15, 0.2) is 12.3 Å². The number of aromatic nitrogens is 3. The van der Waals surface area contributed by atoms with Crippen molar-refractivity contribution in [1.29, 1.82) is 0 Å². The molecule has 0 bridgehead atoms. The molecule has 0 unspecified atom stereocenters. The second-order valence-corrected chi connectivity index (χ2v) is 3.37. The van der Waals surface area contributed by atoms with Crippen LogP contribution in [0.25, 0.3) is 5.69 Å². The Morgan fingerprint density at radius 1 is 1.12 bits per heavy atom. The summed E-state index contributed by atoms with van der Waals surface area (Å²) in [4.78, 5) is 0. The molecule has 0 aliphatic heterocycles. The third-order valence-electron chi connectivity index (χ3n) is 2.00. The molecule has 2 rings (SSSR count). The first-order valence-corrected chi connectivity index (χ1v) is 4.88. The fourth-order valence-corrected chi connectivity index (χ4v) is 1.35. The second-order valence-electron chi connectivity index (χ2n) is 3.10. The van der Waals surface area contributed by atoms with E-state index in [1.165, 1.54) is 0 Å². The van der Waals surface area contributed by atoms with Crippen molar-refractivity contribution in [3.05, 3.63) is 41.2 Å². The van der Waals surface area contributed by atoms with Crippen LogP contribution in [0, 0.1) is 23.3 Å². The van der Waals surface area contributed by atoms with Crippen molar-refractivity contribution in [2.24, 2.45) is 0 Å². The molecule has 3 nitrogen and oxygen atoms in total. The highest BCUT2D eigenvalue weighted by atomic mass is 35.5. The Balaban J connectivity index is 2.65. The van der Waals surface area contributed by atoms with Crippen LogP contribution in [0.5, 0.6) is 0 Å². The smallest absolute Gasteiger partial charge is 0.187 e. The van der Waals surface area contributed by atoms with E-state index in [4.69, 9.17) is 11.6 Å². The minimum Gasteiger partial charge on any atom is -0.214 e. The number of benzene rings is 1. The molecule has 0 aliphatic rings. The molecule has 8 heteroatoms. The lowest BCUT2D eigenvalue weighted by molar-refractivity contribution is 0.443. The van der Waals surface area contributed by atoms with E-state index in [2.05, 4.69) is 10.3 Å². The zero-order chi connectivity index (χ0) is 12.6. The van der Waals surface area contributed by atoms with Gasteiger partial charge in [0.15, 0.2) is 23.3 Å². The van der Waals surface area contributed by atoms with Gasteiger partial charge in [0.1, 0.15) is 5.69 Å². The normalized spacial score (nSPS) is 10.9. The average molecular weight is 266 g/mol. The summed E-state index contributed by atoms with van der Waals surface area (Å²) in [6, 6.07) is 0.119. The summed E-state index contributed by atoms with van der Waals surface area (Å²) in [7, 11) is 0. The Kier molecular flexibility index (Phi) is 3.01. The molecule has 0 amide bonds. The highest BCUT2D eigenvalue weighted by molar-refractivity contribution is 6.16. The van der Waals surface area contributed by atoms with E-state index in [0.717, 1.165) is 6.20 Å². The van der Waals surface area contributed by atoms with Crippen LogP contribution in [0.2, 0.25) is 0 Å². The van der Waals surface area contributed by atoms with E-state index in [1.54, 1.807) is 0 Å². The lowest BCUT2D eigenvalue weighted by atomic mass is 10.2. The number of halogens is 5. The van der Waals surface area contributed by atoms with Crippen LogP contribution >= 0.6 is 11.6 Å². The van der Waals surface area contributed by atoms with Gasteiger partial charge in [0.25, 0.3) is 0 Å². The summed E-state index contributed by atoms with van der Waals surface area (Å²) < 4.78 is 53.1. The number of hydrogen-bond donors (Lipinski definition) is 0. The Hall–Kier alpha value is -1.63. The molecule has 1 aromatic heterocycles. The Bertz CT molecular complexity index is 543. The quantitative estimate of drug-likeness (QED) is 0.475. The summed E-state index contributed by atoms with van der Waals surface area (Å²) >= 11 is 5.42. The van der Waals surface area contributed by atoms with E-state index in [9.17, 15) is 17.6 Å². The molecule has 0 aliphatic carbocycles. The lowest BCUT2D eigenvalue weighted by Crippen LogP contribution is -2.07. The maximum absolute atomic E-state index is 13.3. The SMILES string of the molecule is Fc1cc(F)c(F)c(-n2cc(CCl)nn2)c1F. The molecular weight excluding hydrogens is 262 g/mol. The van der Waals surface area contributed by atoms with Crippen LogP contribution in [0.1, 0.15) is 5.69 Å². The fraction of sp³-hybridized carbons (Fsp3) is 0.111. The van der Waals surface area contributed by atoms with E-state index >= 15 is 0 Å². The molecular formula is C9H4ClF4N3. The highest BCUT2D eigenvalue weighted by Gasteiger charge is 2.21. The van der Waals surface area contributed by atoms with Gasteiger partial charge in [0.2, 0.25) is 0 Å².